The highest BCUT2D eigenvalue weighted by atomic mass is 16.4. The number of anilines is 2. The van der Waals surface area contributed by atoms with Crippen molar-refractivity contribution in [3.63, 3.8) is 0 Å². The standard InChI is InChI=1S/C24H25N3O3/c1-13-10-19(8-6-18(13)12-25)26-22-14(2)23(16-4-5-16)27(15(3)28)21-9-7-17(24(29)30)11-20(21)22/h6-11,14,16,22-23,26H,4-5H2,1-3H3,(H,29,30). The first-order valence-electron chi connectivity index (χ1n) is 10.3. The molecular weight excluding hydrogens is 378 g/mol. The summed E-state index contributed by atoms with van der Waals surface area (Å²) in [5.41, 5.74) is 4.19. The van der Waals surface area contributed by atoms with Gasteiger partial charge in [0.2, 0.25) is 5.91 Å². The molecule has 30 heavy (non-hydrogen) atoms. The molecule has 1 aliphatic carbocycles. The molecule has 3 atom stereocenters. The van der Waals surface area contributed by atoms with Crippen LogP contribution in [0.4, 0.5) is 11.4 Å². The van der Waals surface area contributed by atoms with Gasteiger partial charge >= 0.3 is 5.97 Å². The highest BCUT2D eigenvalue weighted by molar-refractivity contribution is 5.96. The fourth-order valence-electron chi connectivity index (χ4n) is 4.76. The zero-order chi connectivity index (χ0) is 21.6. The number of nitriles is 1. The lowest BCUT2D eigenvalue weighted by Crippen LogP contribution is -2.51. The Labute approximate surface area is 176 Å². The fraction of sp³-hybridized carbons (Fsp3) is 0.375. The van der Waals surface area contributed by atoms with Crippen LogP contribution in [-0.4, -0.2) is 23.0 Å². The van der Waals surface area contributed by atoms with E-state index in [1.54, 1.807) is 31.2 Å². The number of rotatable bonds is 4. The van der Waals surface area contributed by atoms with Crippen LogP contribution in [0.3, 0.4) is 0 Å². The number of hydrogen-bond donors (Lipinski definition) is 2. The highest BCUT2D eigenvalue weighted by Crippen LogP contribution is 2.50. The first-order chi connectivity index (χ1) is 14.3. The maximum absolute atomic E-state index is 12.6. The smallest absolute Gasteiger partial charge is 0.335 e. The van der Waals surface area contributed by atoms with Crippen LogP contribution in [0.5, 0.6) is 0 Å². The summed E-state index contributed by atoms with van der Waals surface area (Å²) in [5, 5.41) is 22.3. The maximum Gasteiger partial charge on any atom is 0.335 e. The molecule has 0 radical (unpaired) electrons. The lowest BCUT2D eigenvalue weighted by Gasteiger charge is -2.46. The molecule has 2 aromatic carbocycles. The van der Waals surface area contributed by atoms with E-state index in [2.05, 4.69) is 18.3 Å². The molecule has 4 rings (SSSR count). The minimum absolute atomic E-state index is 0.0178. The van der Waals surface area contributed by atoms with Gasteiger partial charge in [-0.2, -0.15) is 5.26 Å². The minimum atomic E-state index is -0.989. The number of amides is 1. The van der Waals surface area contributed by atoms with E-state index >= 15 is 0 Å². The molecular formula is C24H25N3O3. The van der Waals surface area contributed by atoms with Crippen molar-refractivity contribution in [2.24, 2.45) is 11.8 Å². The predicted octanol–water partition coefficient (Wildman–Crippen LogP) is 4.50. The van der Waals surface area contributed by atoms with E-state index < -0.39 is 5.97 Å². The van der Waals surface area contributed by atoms with Crippen LogP contribution in [0, 0.1) is 30.1 Å². The largest absolute Gasteiger partial charge is 0.478 e. The fourth-order valence-corrected chi connectivity index (χ4v) is 4.76. The highest BCUT2D eigenvalue weighted by Gasteiger charge is 2.47. The quantitative estimate of drug-likeness (QED) is 0.784. The van der Waals surface area contributed by atoms with Crippen LogP contribution < -0.4 is 10.2 Å². The summed E-state index contributed by atoms with van der Waals surface area (Å²) < 4.78 is 0. The second-order valence-electron chi connectivity index (χ2n) is 8.42. The van der Waals surface area contributed by atoms with Crippen molar-refractivity contribution in [3.8, 4) is 6.07 Å². The Kier molecular flexibility index (Phi) is 4.98. The third-order valence-electron chi connectivity index (χ3n) is 6.34. The number of benzene rings is 2. The first kappa shape index (κ1) is 20.0. The molecule has 2 aliphatic rings. The molecule has 6 heteroatoms. The molecule has 1 fully saturated rings. The molecule has 1 saturated carbocycles. The number of aromatic carboxylic acids is 1. The van der Waals surface area contributed by atoms with Crippen molar-refractivity contribution >= 4 is 23.3 Å². The van der Waals surface area contributed by atoms with Gasteiger partial charge in [0.05, 0.1) is 23.2 Å². The third kappa shape index (κ3) is 3.41. The normalized spacial score (nSPS) is 22.7. The summed E-state index contributed by atoms with van der Waals surface area (Å²) in [6.45, 7) is 5.60. The van der Waals surface area contributed by atoms with Crippen LogP contribution in [0.1, 0.15) is 59.8 Å². The average molecular weight is 403 g/mol. The summed E-state index contributed by atoms with van der Waals surface area (Å²) in [6, 6.07) is 12.7. The summed E-state index contributed by atoms with van der Waals surface area (Å²) >= 11 is 0. The van der Waals surface area contributed by atoms with Crippen LogP contribution >= 0.6 is 0 Å². The van der Waals surface area contributed by atoms with Crippen molar-refractivity contribution in [1.29, 1.82) is 5.26 Å². The second-order valence-corrected chi connectivity index (χ2v) is 8.42. The number of carboxylic acids is 1. The number of aryl methyl sites for hydroxylation is 1. The number of fused-ring (bicyclic) bond motifs is 1. The number of nitrogens with one attached hydrogen (secondary N) is 1. The number of nitrogens with zero attached hydrogens (tertiary/aromatic N) is 2. The first-order valence-corrected chi connectivity index (χ1v) is 10.3. The van der Waals surface area contributed by atoms with E-state index in [1.165, 1.54) is 0 Å². The zero-order valence-corrected chi connectivity index (χ0v) is 17.3. The second kappa shape index (κ2) is 7.49. The van der Waals surface area contributed by atoms with Gasteiger partial charge < -0.3 is 15.3 Å². The van der Waals surface area contributed by atoms with E-state index in [9.17, 15) is 20.0 Å². The van der Waals surface area contributed by atoms with Gasteiger partial charge in [-0.25, -0.2) is 4.79 Å². The van der Waals surface area contributed by atoms with Gasteiger partial charge in [-0.1, -0.05) is 6.92 Å². The molecule has 6 nitrogen and oxygen atoms in total. The molecule has 0 spiro atoms. The lowest BCUT2D eigenvalue weighted by molar-refractivity contribution is -0.117. The van der Waals surface area contributed by atoms with Crippen LogP contribution in [0.15, 0.2) is 36.4 Å². The number of hydrogen-bond acceptors (Lipinski definition) is 4. The molecule has 2 N–H and O–H groups in total. The molecule has 0 saturated heterocycles. The Hall–Kier alpha value is -3.33. The van der Waals surface area contributed by atoms with E-state index in [-0.39, 0.29) is 29.5 Å². The SMILES string of the molecule is CC(=O)N1c2ccc(C(=O)O)cc2C(Nc2ccc(C#N)c(C)c2)C(C)C1C1CC1. The summed E-state index contributed by atoms with van der Waals surface area (Å²) in [5.74, 6) is -0.454. The number of carbonyl (C=O) groups is 2. The minimum Gasteiger partial charge on any atom is -0.478 e. The van der Waals surface area contributed by atoms with Crippen LogP contribution in [0.2, 0.25) is 0 Å². The summed E-state index contributed by atoms with van der Waals surface area (Å²) in [7, 11) is 0. The van der Waals surface area contributed by atoms with Gasteiger partial charge in [-0.3, -0.25) is 4.79 Å². The monoisotopic (exact) mass is 403 g/mol. The molecule has 1 amide bonds. The van der Waals surface area contributed by atoms with Crippen LogP contribution in [-0.2, 0) is 4.79 Å². The number of carboxylic acid groups (broad SMARTS) is 1. The Morgan fingerprint density at radius 3 is 2.50 bits per heavy atom. The molecule has 1 heterocycles. The van der Waals surface area contributed by atoms with Crippen molar-refractivity contribution in [1.82, 2.24) is 0 Å². The van der Waals surface area contributed by atoms with Gasteiger partial charge in [-0.15, -0.1) is 0 Å². The van der Waals surface area contributed by atoms with Crippen molar-refractivity contribution in [3.05, 3.63) is 58.7 Å². The van der Waals surface area contributed by atoms with Gasteiger partial charge in [0.15, 0.2) is 0 Å². The van der Waals surface area contributed by atoms with E-state index in [0.29, 0.717) is 11.5 Å². The average Bonchev–Trinajstić information content (AvgIpc) is 3.54. The zero-order valence-electron chi connectivity index (χ0n) is 17.3. The van der Waals surface area contributed by atoms with E-state index in [1.807, 2.05) is 24.0 Å². The molecule has 154 valence electrons. The van der Waals surface area contributed by atoms with Crippen molar-refractivity contribution < 1.29 is 14.7 Å². The van der Waals surface area contributed by atoms with Gasteiger partial charge in [0, 0.05) is 30.3 Å². The Bertz CT molecular complexity index is 1070. The van der Waals surface area contributed by atoms with Gasteiger partial charge in [0.25, 0.3) is 0 Å². The molecule has 2 aromatic rings. The summed E-state index contributed by atoms with van der Waals surface area (Å²) in [4.78, 5) is 26.1. The predicted molar refractivity (Wildman–Crippen MR) is 114 cm³/mol. The summed E-state index contributed by atoms with van der Waals surface area (Å²) in [6.07, 6.45) is 2.20. The molecule has 0 aromatic heterocycles. The Morgan fingerprint density at radius 1 is 1.20 bits per heavy atom. The van der Waals surface area contributed by atoms with E-state index in [0.717, 1.165) is 35.3 Å². The lowest BCUT2D eigenvalue weighted by atomic mass is 9.79. The topological polar surface area (TPSA) is 93.4 Å². The third-order valence-corrected chi connectivity index (χ3v) is 6.34. The maximum atomic E-state index is 12.6. The molecule has 1 aliphatic heterocycles. The molecule has 3 unspecified atom stereocenters. The Morgan fingerprint density at radius 2 is 1.93 bits per heavy atom. The van der Waals surface area contributed by atoms with E-state index in [4.69, 9.17) is 0 Å². The van der Waals surface area contributed by atoms with Crippen LogP contribution in [0.25, 0.3) is 0 Å². The van der Waals surface area contributed by atoms with Crippen molar-refractivity contribution in [2.75, 3.05) is 10.2 Å². The Balaban J connectivity index is 1.82. The number of carbonyl (C=O) groups excluding carboxylic acids is 1. The van der Waals surface area contributed by atoms with Gasteiger partial charge in [0.1, 0.15) is 0 Å². The molecule has 0 bridgehead atoms. The van der Waals surface area contributed by atoms with Gasteiger partial charge in [-0.05, 0) is 73.2 Å². The van der Waals surface area contributed by atoms with Crippen molar-refractivity contribution in [2.45, 2.75) is 45.7 Å².